The van der Waals surface area contributed by atoms with Gasteiger partial charge in [0.2, 0.25) is 0 Å². The number of carbonyl (C=O) groups excluding carboxylic acids is 1. The van der Waals surface area contributed by atoms with E-state index in [9.17, 15) is 4.79 Å². The quantitative estimate of drug-likeness (QED) is 0.771. The van der Waals surface area contributed by atoms with Crippen LogP contribution in [0.3, 0.4) is 0 Å². The summed E-state index contributed by atoms with van der Waals surface area (Å²) in [6.07, 6.45) is -0.589. The van der Waals surface area contributed by atoms with Crippen molar-refractivity contribution in [1.29, 1.82) is 0 Å². The number of ether oxygens (including phenoxy) is 1. The molecule has 0 saturated carbocycles. The highest BCUT2D eigenvalue weighted by Gasteiger charge is 2.32. The van der Waals surface area contributed by atoms with E-state index >= 15 is 0 Å². The van der Waals surface area contributed by atoms with Crippen LogP contribution >= 0.6 is 12.2 Å². The van der Waals surface area contributed by atoms with E-state index in [1.54, 1.807) is 4.90 Å². The first-order chi connectivity index (χ1) is 11.5. The number of nitrogens with two attached hydrogens (primary N) is 1. The Labute approximate surface area is 147 Å². The van der Waals surface area contributed by atoms with E-state index < -0.39 is 0 Å². The monoisotopic (exact) mass is 349 g/mol. The Morgan fingerprint density at radius 3 is 2.50 bits per heavy atom. The molecule has 0 spiro atoms. The Balaban J connectivity index is 1.61. The fourth-order valence-electron chi connectivity index (χ4n) is 2.96. The number of rotatable bonds is 4. The van der Waals surface area contributed by atoms with E-state index in [0.717, 1.165) is 31.9 Å². The van der Waals surface area contributed by atoms with Gasteiger partial charge in [-0.1, -0.05) is 0 Å². The van der Waals surface area contributed by atoms with Gasteiger partial charge >= 0.3 is 6.09 Å². The van der Waals surface area contributed by atoms with Gasteiger partial charge in [-0.3, -0.25) is 4.90 Å². The number of amides is 1. The normalized spacial score (nSPS) is 21.7. The molecule has 3 N–H and O–H groups in total. The first-order valence-electron chi connectivity index (χ1n) is 8.08. The molecule has 0 aliphatic carbocycles. The number of carbonyl (C=O) groups is 1. The lowest BCUT2D eigenvalue weighted by molar-refractivity contribution is 0.143. The van der Waals surface area contributed by atoms with Crippen LogP contribution in [-0.2, 0) is 4.74 Å². The topological polar surface area (TPSA) is 74.1 Å². The molecule has 7 nitrogen and oxygen atoms in total. The van der Waals surface area contributed by atoms with Gasteiger partial charge < -0.3 is 25.6 Å². The van der Waals surface area contributed by atoms with Gasteiger partial charge in [0.05, 0.1) is 13.1 Å². The van der Waals surface area contributed by atoms with Gasteiger partial charge in [0.1, 0.15) is 6.10 Å². The molecule has 2 aliphatic rings. The fraction of sp³-hybridized carbons (Fsp3) is 0.500. The van der Waals surface area contributed by atoms with Gasteiger partial charge in [-0.05, 0) is 43.5 Å². The molecule has 0 radical (unpaired) electrons. The van der Waals surface area contributed by atoms with Crippen molar-refractivity contribution in [2.24, 2.45) is 5.73 Å². The molecule has 1 atom stereocenters. The van der Waals surface area contributed by atoms with E-state index in [4.69, 9.17) is 22.7 Å². The van der Waals surface area contributed by atoms with Crippen molar-refractivity contribution in [3.63, 3.8) is 0 Å². The van der Waals surface area contributed by atoms with E-state index in [2.05, 4.69) is 34.3 Å². The minimum Gasteiger partial charge on any atom is -0.442 e. The molecule has 2 saturated heterocycles. The van der Waals surface area contributed by atoms with Crippen molar-refractivity contribution in [1.82, 2.24) is 10.2 Å². The second kappa shape index (κ2) is 7.23. The third-order valence-corrected chi connectivity index (χ3v) is 4.55. The highest BCUT2D eigenvalue weighted by Crippen LogP contribution is 2.25. The van der Waals surface area contributed by atoms with Gasteiger partial charge in [0.15, 0.2) is 5.11 Å². The van der Waals surface area contributed by atoms with Gasteiger partial charge in [-0.15, -0.1) is 0 Å². The van der Waals surface area contributed by atoms with Crippen LogP contribution in [0.25, 0.3) is 0 Å². The summed E-state index contributed by atoms with van der Waals surface area (Å²) in [5.74, 6) is 0. The minimum absolute atomic E-state index is 0.209. The third-order valence-electron chi connectivity index (χ3n) is 4.41. The summed E-state index contributed by atoms with van der Waals surface area (Å²) in [5.41, 5.74) is 7.44. The van der Waals surface area contributed by atoms with Crippen molar-refractivity contribution in [3.8, 4) is 0 Å². The number of nitrogens with zero attached hydrogens (tertiary/aromatic N) is 3. The highest BCUT2D eigenvalue weighted by molar-refractivity contribution is 7.80. The molecule has 8 heteroatoms. The fourth-order valence-corrected chi connectivity index (χ4v) is 3.04. The second-order valence-corrected chi connectivity index (χ2v) is 6.61. The van der Waals surface area contributed by atoms with Crippen molar-refractivity contribution in [2.75, 3.05) is 56.1 Å². The minimum atomic E-state index is -0.336. The summed E-state index contributed by atoms with van der Waals surface area (Å²) in [6.45, 7) is 5.09. The van der Waals surface area contributed by atoms with E-state index in [-0.39, 0.29) is 17.3 Å². The number of thiocarbonyl (C=S) groups is 1. The van der Waals surface area contributed by atoms with Gasteiger partial charge in [0, 0.05) is 37.6 Å². The lowest BCUT2D eigenvalue weighted by Crippen LogP contribution is -2.44. The van der Waals surface area contributed by atoms with E-state index in [1.165, 1.54) is 5.69 Å². The van der Waals surface area contributed by atoms with Crippen LogP contribution in [0.15, 0.2) is 24.3 Å². The van der Waals surface area contributed by atoms with Crippen LogP contribution in [0.4, 0.5) is 16.2 Å². The van der Waals surface area contributed by atoms with Crippen LogP contribution in [0.2, 0.25) is 0 Å². The highest BCUT2D eigenvalue weighted by atomic mass is 32.1. The first kappa shape index (κ1) is 16.8. The summed E-state index contributed by atoms with van der Waals surface area (Å²) in [6, 6.07) is 8.07. The summed E-state index contributed by atoms with van der Waals surface area (Å²) >= 11 is 4.77. The van der Waals surface area contributed by atoms with Crippen molar-refractivity contribution in [3.05, 3.63) is 24.3 Å². The molecule has 2 heterocycles. The largest absolute Gasteiger partial charge is 0.442 e. The number of hydrogen-bond donors (Lipinski definition) is 2. The molecule has 1 amide bonds. The number of piperazine rings is 1. The Morgan fingerprint density at radius 1 is 1.25 bits per heavy atom. The first-order valence-corrected chi connectivity index (χ1v) is 8.49. The predicted octanol–water partition coefficient (Wildman–Crippen LogP) is 0.597. The molecule has 3 rings (SSSR count). The van der Waals surface area contributed by atoms with Crippen LogP contribution in [0.5, 0.6) is 0 Å². The molecule has 2 fully saturated rings. The van der Waals surface area contributed by atoms with E-state index in [0.29, 0.717) is 13.1 Å². The summed E-state index contributed by atoms with van der Waals surface area (Å²) in [4.78, 5) is 18.4. The van der Waals surface area contributed by atoms with Gasteiger partial charge in [-0.2, -0.15) is 0 Å². The van der Waals surface area contributed by atoms with Crippen LogP contribution < -0.4 is 20.9 Å². The summed E-state index contributed by atoms with van der Waals surface area (Å²) < 4.78 is 5.33. The van der Waals surface area contributed by atoms with Crippen molar-refractivity contribution in [2.45, 2.75) is 6.10 Å². The number of benzene rings is 1. The Kier molecular flexibility index (Phi) is 5.06. The molecule has 2 aliphatic heterocycles. The molecule has 0 unspecified atom stereocenters. The molecule has 0 bridgehead atoms. The predicted molar refractivity (Wildman–Crippen MR) is 98.6 cm³/mol. The number of likely N-dealkylation sites (N-methyl/N-ethyl adjacent to an activating group) is 1. The number of hydrogen-bond acceptors (Lipinski definition) is 5. The summed E-state index contributed by atoms with van der Waals surface area (Å²) in [7, 11) is 2.14. The lowest BCUT2D eigenvalue weighted by Gasteiger charge is -2.34. The maximum absolute atomic E-state index is 12.0. The Hall–Kier alpha value is -2.06. The number of nitrogens with one attached hydrogen (secondary N) is 1. The Morgan fingerprint density at radius 2 is 1.88 bits per heavy atom. The van der Waals surface area contributed by atoms with Crippen LogP contribution in [0.1, 0.15) is 0 Å². The average Bonchev–Trinajstić information content (AvgIpc) is 2.95. The van der Waals surface area contributed by atoms with E-state index in [1.807, 2.05) is 12.1 Å². The summed E-state index contributed by atoms with van der Waals surface area (Å²) in [5, 5.41) is 3.04. The van der Waals surface area contributed by atoms with Crippen molar-refractivity contribution < 1.29 is 9.53 Å². The maximum Gasteiger partial charge on any atom is 0.414 e. The molecular weight excluding hydrogens is 326 g/mol. The standard InChI is InChI=1S/C16H23N5O2S/c1-19-6-8-20(9-7-19)12-2-4-13(5-3-12)21-11-14(23-16(21)22)10-18-15(17)24/h2-5,14H,6-11H2,1H3,(H3,17,18,24)/t14-/m0/s1. The lowest BCUT2D eigenvalue weighted by atomic mass is 10.2. The zero-order chi connectivity index (χ0) is 17.1. The maximum atomic E-state index is 12.0. The van der Waals surface area contributed by atoms with Crippen LogP contribution in [-0.4, -0.2) is 68.5 Å². The third kappa shape index (κ3) is 3.88. The zero-order valence-corrected chi connectivity index (χ0v) is 14.6. The molecule has 1 aromatic carbocycles. The smallest absolute Gasteiger partial charge is 0.414 e. The number of cyclic esters (lactones) is 1. The molecule has 1 aromatic rings. The average molecular weight is 349 g/mol. The SMILES string of the molecule is CN1CCN(c2ccc(N3C[C@H](CNC(N)=S)OC3=O)cc2)CC1. The molecule has 0 aromatic heterocycles. The number of anilines is 2. The Bertz CT molecular complexity index is 601. The van der Waals surface area contributed by atoms with Gasteiger partial charge in [-0.25, -0.2) is 4.79 Å². The van der Waals surface area contributed by atoms with Gasteiger partial charge in [0.25, 0.3) is 0 Å². The molecule has 130 valence electrons. The van der Waals surface area contributed by atoms with Crippen molar-refractivity contribution >= 4 is 34.8 Å². The molecular formula is C16H23N5O2S. The molecule has 24 heavy (non-hydrogen) atoms. The zero-order valence-electron chi connectivity index (χ0n) is 13.8. The van der Waals surface area contributed by atoms with Crippen LogP contribution in [0, 0.1) is 0 Å². The second-order valence-electron chi connectivity index (χ2n) is 6.17.